The van der Waals surface area contributed by atoms with E-state index in [1.807, 2.05) is 42.5 Å². The van der Waals surface area contributed by atoms with Crippen molar-refractivity contribution in [1.82, 2.24) is 49.8 Å². The molecule has 0 amide bonds. The molecule has 0 aliphatic heterocycles. The van der Waals surface area contributed by atoms with Crippen LogP contribution in [-0.4, -0.2) is 49.8 Å². The zero-order valence-corrected chi connectivity index (χ0v) is 59.5. The molecular weight excluding hydrogens is 1370 g/mol. The average Bonchev–Trinajstić information content (AvgIpc) is 1.65. The van der Waals surface area contributed by atoms with Gasteiger partial charge in [-0.2, -0.15) is 0 Å². The van der Waals surface area contributed by atoms with Gasteiger partial charge in [-0.15, -0.1) is 34.0 Å². The molecule has 107 heavy (non-hydrogen) atoms. The maximum atomic E-state index is 5.42. The molecule has 1 unspecified atom stereocenters. The molecule has 1 aliphatic carbocycles. The zero-order chi connectivity index (χ0) is 70.5. The summed E-state index contributed by atoms with van der Waals surface area (Å²) in [4.78, 5) is 52.4. The van der Waals surface area contributed by atoms with Crippen LogP contribution in [0, 0.1) is 0 Å². The smallest absolute Gasteiger partial charge is 0.165 e. The van der Waals surface area contributed by atoms with Gasteiger partial charge < -0.3 is 0 Å². The summed E-state index contributed by atoms with van der Waals surface area (Å²) in [7, 11) is 0. The van der Waals surface area contributed by atoms with Crippen molar-refractivity contribution in [2.24, 2.45) is 0 Å². The van der Waals surface area contributed by atoms with E-state index in [1.165, 1.54) is 20.2 Å². The van der Waals surface area contributed by atoms with Crippen molar-refractivity contribution in [3.05, 3.63) is 327 Å². The van der Waals surface area contributed by atoms with Crippen LogP contribution in [-0.2, 0) is 0 Å². The number of nitrogens with zero attached hydrogens (tertiary/aromatic N) is 10. The lowest BCUT2D eigenvalue weighted by Crippen LogP contribution is -2.07. The van der Waals surface area contributed by atoms with Crippen LogP contribution in [0.1, 0.15) is 18.2 Å². The largest absolute Gasteiger partial charge is 0.228 e. The van der Waals surface area contributed by atoms with Gasteiger partial charge in [0.2, 0.25) is 0 Å². The molecule has 1 atom stereocenters. The number of hydrogen-bond donors (Lipinski definition) is 0. The molecule has 0 bridgehead atoms. The topological polar surface area (TPSA) is 129 Å². The van der Waals surface area contributed by atoms with E-state index in [0.717, 1.165) is 158 Å². The van der Waals surface area contributed by atoms with Crippen molar-refractivity contribution >= 4 is 116 Å². The number of benzene rings is 13. The summed E-state index contributed by atoms with van der Waals surface area (Å²) in [5.41, 5.74) is 16.8. The second-order valence-electron chi connectivity index (χ2n) is 26.9. The minimum Gasteiger partial charge on any atom is -0.228 e. The second kappa shape index (κ2) is 25.8. The summed E-state index contributed by atoms with van der Waals surface area (Å²) in [6.45, 7) is 0. The molecule has 7 heterocycles. The molecule has 0 fully saturated rings. The Hall–Kier alpha value is -13.3. The molecule has 0 radical (unpaired) electrons. The Balaban J connectivity index is 0.564. The molecule has 7 aromatic heterocycles. The van der Waals surface area contributed by atoms with Gasteiger partial charge in [-0.1, -0.05) is 249 Å². The summed E-state index contributed by atoms with van der Waals surface area (Å²) in [6.07, 6.45) is 9.34. The van der Waals surface area contributed by atoms with Gasteiger partial charge in [-0.25, -0.2) is 49.8 Å². The predicted octanol–water partition coefficient (Wildman–Crippen LogP) is 25.0. The Morgan fingerprint density at radius 3 is 1.12 bits per heavy atom. The van der Waals surface area contributed by atoms with Crippen LogP contribution >= 0.6 is 34.0 Å². The van der Waals surface area contributed by atoms with E-state index < -0.39 is 0 Å². The third-order valence-electron chi connectivity index (χ3n) is 20.4. The zero-order valence-electron chi connectivity index (χ0n) is 57.1. The Bertz CT molecular complexity index is 7030. The first kappa shape index (κ1) is 62.3. The van der Waals surface area contributed by atoms with Crippen LogP contribution in [0.5, 0.6) is 0 Å². The standard InChI is InChI=1S/C94H56N10S3/c1-4-19-59(20-5-1)82-70-26-10-13-34-77(70)95-90(97-82)64-49-51-80-75(53-64)68-29-17-31-72(85(68)106-80)92-96-78-35-14-11-27-71(78)83(98-92)60-45-41-57(42-46-60)55-37-39-56(40-38-55)58-43-47-63(48-44-58)89-99-87(61-21-6-2-7-22-61)100-91(101-89)65-50-52-81-76(54-65)69-30-18-33-74(86(69)107-81)94-103-88(62-23-8-3-9-24-62)102-93(104-94)73-32-16-28-67-66-25-12-15-36-79(66)105-84(67)73/h1-21,23-54,61H,22H2. The minimum absolute atomic E-state index is 0.00457. The number of aromatic nitrogens is 10. The van der Waals surface area contributed by atoms with Crippen LogP contribution in [0.4, 0.5) is 0 Å². The van der Waals surface area contributed by atoms with Crippen LogP contribution in [0.3, 0.4) is 0 Å². The maximum Gasteiger partial charge on any atom is 0.165 e. The van der Waals surface area contributed by atoms with Gasteiger partial charge in [0.1, 0.15) is 5.82 Å². The first-order chi connectivity index (χ1) is 53.0. The fourth-order valence-corrected chi connectivity index (χ4v) is 18.6. The second-order valence-corrected chi connectivity index (χ2v) is 30.0. The summed E-state index contributed by atoms with van der Waals surface area (Å²) in [5.74, 6) is 5.28. The third-order valence-corrected chi connectivity index (χ3v) is 24.0. The van der Waals surface area contributed by atoms with E-state index in [9.17, 15) is 0 Å². The van der Waals surface area contributed by atoms with Gasteiger partial charge in [0.15, 0.2) is 40.8 Å². The number of allylic oxidation sites excluding steroid dienone is 4. The van der Waals surface area contributed by atoms with E-state index >= 15 is 0 Å². The lowest BCUT2D eigenvalue weighted by atomic mass is 9.97. The van der Waals surface area contributed by atoms with E-state index in [2.05, 4.69) is 279 Å². The predicted molar refractivity (Wildman–Crippen MR) is 444 cm³/mol. The molecule has 0 saturated carbocycles. The SMILES string of the molecule is C1=CCC(c2nc(-c3ccc(-c4ccc(-c5ccc(-c6nc(-c7cccc8c7sc7ccc(-c9nc(-c%10ccccc%10)c%10ccccc%10n9)cc78)nc7ccccc67)cc5)cc4)cc3)nc(-c3ccc4sc5c(-c6nc(-c7ccccc7)nc(-c7cccc8c7sc7ccccc78)n6)cccc5c4c3)n2)C=C1. The molecule has 0 saturated heterocycles. The van der Waals surface area contributed by atoms with Crippen LogP contribution < -0.4 is 0 Å². The minimum atomic E-state index is 0.00457. The molecule has 21 rings (SSSR count). The van der Waals surface area contributed by atoms with Crippen molar-refractivity contribution < 1.29 is 0 Å². The molecule has 13 aromatic carbocycles. The van der Waals surface area contributed by atoms with E-state index in [0.29, 0.717) is 40.8 Å². The van der Waals surface area contributed by atoms with E-state index in [-0.39, 0.29) is 5.92 Å². The number of rotatable bonds is 12. The Morgan fingerprint density at radius 2 is 0.589 bits per heavy atom. The van der Waals surface area contributed by atoms with Crippen LogP contribution in [0.2, 0.25) is 0 Å². The van der Waals surface area contributed by atoms with Gasteiger partial charge >= 0.3 is 0 Å². The Kier molecular flexibility index (Phi) is 15.0. The van der Waals surface area contributed by atoms with Crippen molar-refractivity contribution in [2.45, 2.75) is 12.3 Å². The first-order valence-electron chi connectivity index (χ1n) is 35.6. The van der Waals surface area contributed by atoms with Gasteiger partial charge in [0.25, 0.3) is 0 Å². The highest BCUT2D eigenvalue weighted by Gasteiger charge is 2.24. The summed E-state index contributed by atoms with van der Waals surface area (Å²) >= 11 is 5.29. The van der Waals surface area contributed by atoms with E-state index in [4.69, 9.17) is 49.8 Å². The summed E-state index contributed by atoms with van der Waals surface area (Å²) in [5, 5.41) is 8.97. The maximum absolute atomic E-state index is 5.42. The molecule has 1 aliphatic rings. The lowest BCUT2D eigenvalue weighted by Gasteiger charge is -2.14. The lowest BCUT2D eigenvalue weighted by molar-refractivity contribution is 0.764. The van der Waals surface area contributed by atoms with Crippen molar-refractivity contribution in [3.8, 4) is 124 Å². The van der Waals surface area contributed by atoms with Crippen LogP contribution in [0.25, 0.3) is 207 Å². The van der Waals surface area contributed by atoms with Crippen LogP contribution in [0.15, 0.2) is 322 Å². The molecule has 0 spiro atoms. The average molecular weight is 1420 g/mol. The van der Waals surface area contributed by atoms with E-state index in [1.54, 1.807) is 34.0 Å². The molecule has 0 N–H and O–H groups in total. The van der Waals surface area contributed by atoms with Crippen molar-refractivity contribution in [3.63, 3.8) is 0 Å². The molecule has 20 aromatic rings. The van der Waals surface area contributed by atoms with Gasteiger partial charge in [-0.05, 0) is 101 Å². The highest BCUT2D eigenvalue weighted by Crippen LogP contribution is 2.46. The molecular formula is C94H56N10S3. The summed E-state index contributed by atoms with van der Waals surface area (Å²) in [6, 6.07) is 104. The van der Waals surface area contributed by atoms with Gasteiger partial charge in [0, 0.05) is 127 Å². The fraction of sp³-hybridized carbons (Fsp3) is 0.0213. The summed E-state index contributed by atoms with van der Waals surface area (Å²) < 4.78 is 6.94. The third kappa shape index (κ3) is 11.1. The monoisotopic (exact) mass is 1420 g/mol. The molecule has 500 valence electrons. The number of para-hydroxylation sites is 2. The fourth-order valence-electron chi connectivity index (χ4n) is 15.0. The van der Waals surface area contributed by atoms with Crippen molar-refractivity contribution in [2.75, 3.05) is 0 Å². The number of fused-ring (bicyclic) bond motifs is 11. The van der Waals surface area contributed by atoms with Gasteiger partial charge in [-0.3, -0.25) is 0 Å². The normalized spacial score (nSPS) is 13.0. The first-order valence-corrected chi connectivity index (χ1v) is 38.1. The highest BCUT2D eigenvalue weighted by atomic mass is 32.1. The van der Waals surface area contributed by atoms with Crippen molar-refractivity contribution in [1.29, 1.82) is 0 Å². The number of hydrogen-bond acceptors (Lipinski definition) is 13. The Labute approximate surface area is 625 Å². The number of thiophene rings is 3. The molecule has 13 heteroatoms. The molecule has 10 nitrogen and oxygen atoms in total. The quantitative estimate of drug-likeness (QED) is 0.117. The Morgan fingerprint density at radius 1 is 0.234 bits per heavy atom. The van der Waals surface area contributed by atoms with Gasteiger partial charge in [0.05, 0.1) is 22.4 Å². The highest BCUT2D eigenvalue weighted by molar-refractivity contribution is 7.27.